The van der Waals surface area contributed by atoms with Gasteiger partial charge in [-0.1, -0.05) is 331 Å². The molecule has 0 fully saturated rings. The highest BCUT2D eigenvalue weighted by Crippen LogP contribution is 2.66. The summed E-state index contributed by atoms with van der Waals surface area (Å²) in [6.07, 6.45) is 0. The van der Waals surface area contributed by atoms with Crippen LogP contribution in [-0.2, 0) is 10.8 Å². The molecule has 1 N–H and O–H groups in total. The molecule has 2 heterocycles. The summed E-state index contributed by atoms with van der Waals surface area (Å²) in [7, 11) is 0. The van der Waals surface area contributed by atoms with Crippen molar-refractivity contribution >= 4 is 87.5 Å². The Morgan fingerprint density at radius 1 is 0.252 bits per heavy atom. The number of nitrogens with zero attached hydrogens (tertiary/aromatic N) is 1. The number of benzene rings is 18. The van der Waals surface area contributed by atoms with E-state index in [0.717, 1.165) is 67.0 Å². The molecular weight excluding hydrogens is 1370 g/mol. The molecule has 0 radical (unpaired) electrons. The molecule has 0 bridgehead atoms. The first-order chi connectivity index (χ1) is 53.0. The van der Waals surface area contributed by atoms with Gasteiger partial charge >= 0.3 is 0 Å². The van der Waals surface area contributed by atoms with Gasteiger partial charge in [0, 0.05) is 60.2 Å². The van der Waals surface area contributed by atoms with Crippen molar-refractivity contribution in [3.63, 3.8) is 0 Å². The van der Waals surface area contributed by atoms with Crippen LogP contribution in [0.25, 0.3) is 87.6 Å². The number of anilines is 5. The number of hydrogen-bond donors (Lipinski definition) is 1. The van der Waals surface area contributed by atoms with Gasteiger partial charge in [0.1, 0.15) is 23.0 Å². The smallest absolute Gasteiger partial charge is 0.132 e. The van der Waals surface area contributed by atoms with Crippen molar-refractivity contribution < 1.29 is 9.47 Å². The molecule has 0 aromatic heterocycles. The first-order valence-electron chi connectivity index (χ1n) is 36.5. The van der Waals surface area contributed by atoms with Gasteiger partial charge in [-0.3, -0.25) is 0 Å². The number of nitrogens with one attached hydrogen (secondary N) is 1. The molecule has 22 rings (SSSR count). The molecule has 0 saturated carbocycles. The Bertz CT molecular complexity index is 6410. The topological polar surface area (TPSA) is 33.7 Å². The lowest BCUT2D eigenvalue weighted by Gasteiger charge is -2.40. The largest absolute Gasteiger partial charge is 0.457 e. The summed E-state index contributed by atoms with van der Waals surface area (Å²) in [6.45, 7) is 0. The van der Waals surface area contributed by atoms with Gasteiger partial charge in [0.2, 0.25) is 0 Å². The zero-order valence-electron chi connectivity index (χ0n) is 58.2. The molecule has 4 nitrogen and oxygen atoms in total. The molecule has 2 aliphatic carbocycles. The van der Waals surface area contributed by atoms with Crippen LogP contribution in [0, 0.1) is 0 Å². The minimum Gasteiger partial charge on any atom is -0.457 e. The highest BCUT2D eigenvalue weighted by molar-refractivity contribution is 9.10. The van der Waals surface area contributed by atoms with Crippen molar-refractivity contribution in [3.8, 4) is 67.5 Å². The number of para-hydroxylation sites is 4. The maximum Gasteiger partial charge on any atom is 0.132 e. The van der Waals surface area contributed by atoms with Gasteiger partial charge in [-0.25, -0.2) is 0 Å². The third-order valence-electron chi connectivity index (χ3n) is 22.1. The SMILES string of the molecule is Brc1ccc2c(c1)C1(c3ccccc3Oc3ccccc31)c1c-2ccc2ccccc12.c1ccc(-c2ccc(N(c3ccc4c(c3)C3(c5ccccc5Oc5ccccc53)c3c-4ccc4ccccc34)c3cccc4ccccc34)cc2)cc1.c1ccc(-c2ccc(Nc3cccc4ccccc34)cc2)cc1. The van der Waals surface area contributed by atoms with E-state index >= 15 is 0 Å². The van der Waals surface area contributed by atoms with Crippen LogP contribution in [-0.4, -0.2) is 0 Å². The van der Waals surface area contributed by atoms with Gasteiger partial charge in [-0.2, -0.15) is 0 Å². The molecule has 0 atom stereocenters. The lowest BCUT2D eigenvalue weighted by Crippen LogP contribution is -2.32. The molecule has 5 heteroatoms. The molecule has 0 saturated heterocycles. The first kappa shape index (κ1) is 63.4. The van der Waals surface area contributed by atoms with Crippen LogP contribution in [0.1, 0.15) is 44.5 Å². The van der Waals surface area contributed by atoms with Gasteiger partial charge in [-0.05, 0) is 184 Å². The number of halogens is 1. The van der Waals surface area contributed by atoms with Crippen LogP contribution >= 0.6 is 15.9 Å². The minimum atomic E-state index is -0.603. The summed E-state index contributed by atoms with van der Waals surface area (Å²) in [4.78, 5) is 2.43. The van der Waals surface area contributed by atoms with Crippen LogP contribution in [0.15, 0.2) is 405 Å². The van der Waals surface area contributed by atoms with Crippen LogP contribution in [0.3, 0.4) is 0 Å². The van der Waals surface area contributed by atoms with E-state index in [9.17, 15) is 0 Å². The molecule has 0 unspecified atom stereocenters. The standard InChI is InChI=1S/C51H33NO.C29H17BrO.C22H17N/c1-2-13-34(14-3-1)35-25-28-38(29-26-35)52(47-22-12-17-36-15-4-6-18-40(36)47)39-30-32-42-43-31-27-37-16-5-7-19-41(37)50(43)51(46(42)33-39)44-20-8-10-23-48(44)53-49-24-11-9-21-45(49)51;30-19-14-16-21-22-15-13-18-7-1-2-8-20(18)28(22)29(25(21)17-19)23-9-3-5-11-26(23)31-27-12-6-4-10-24(27)29;1-2-7-17(8-3-1)18-13-15-20(16-14-18)23-22-12-6-10-19-9-4-5-11-21(19)22/h1-33H;1-17H;1-16,23H. The Hall–Kier alpha value is -13.3. The van der Waals surface area contributed by atoms with Crippen molar-refractivity contribution in [2.75, 3.05) is 10.2 Å². The van der Waals surface area contributed by atoms with Crippen molar-refractivity contribution in [2.24, 2.45) is 0 Å². The fourth-order valence-electron chi connectivity index (χ4n) is 17.6. The predicted molar refractivity (Wildman–Crippen MR) is 447 cm³/mol. The maximum absolute atomic E-state index is 6.71. The number of fused-ring (bicyclic) bond motifs is 24. The average Bonchev–Trinajstić information content (AvgIpc) is 1.52. The van der Waals surface area contributed by atoms with Crippen molar-refractivity contribution in [3.05, 3.63) is 449 Å². The highest BCUT2D eigenvalue weighted by atomic mass is 79.9. The monoisotopic (exact) mass is 1430 g/mol. The Morgan fingerprint density at radius 2 is 0.617 bits per heavy atom. The van der Waals surface area contributed by atoms with Crippen molar-refractivity contribution in [2.45, 2.75) is 10.8 Å². The highest BCUT2D eigenvalue weighted by Gasteiger charge is 2.54. The fraction of sp³-hybridized carbons (Fsp3) is 0.0196. The van der Waals surface area contributed by atoms with Gasteiger partial charge in [-0.15, -0.1) is 0 Å². The Morgan fingerprint density at radius 3 is 1.13 bits per heavy atom. The molecular formula is C102H67BrN2O2. The second kappa shape index (κ2) is 26.1. The van der Waals surface area contributed by atoms with Crippen molar-refractivity contribution in [1.82, 2.24) is 0 Å². The summed E-state index contributed by atoms with van der Waals surface area (Å²) in [5.41, 5.74) is 24.5. The van der Waals surface area contributed by atoms with E-state index in [2.05, 4.69) is 420 Å². The Balaban J connectivity index is 0.000000118. The second-order valence-electron chi connectivity index (χ2n) is 27.9. The van der Waals surface area contributed by atoms with E-state index in [0.29, 0.717) is 0 Å². The van der Waals surface area contributed by atoms with Crippen LogP contribution in [0.5, 0.6) is 23.0 Å². The van der Waals surface area contributed by atoms with Gasteiger partial charge in [0.05, 0.1) is 16.5 Å². The number of hydrogen-bond acceptors (Lipinski definition) is 4. The zero-order chi connectivity index (χ0) is 71.0. The van der Waals surface area contributed by atoms with E-state index in [4.69, 9.17) is 9.47 Å². The van der Waals surface area contributed by atoms with E-state index in [1.54, 1.807) is 0 Å². The van der Waals surface area contributed by atoms with Gasteiger partial charge < -0.3 is 19.7 Å². The van der Waals surface area contributed by atoms with E-state index < -0.39 is 10.8 Å². The van der Waals surface area contributed by atoms with Crippen LogP contribution in [0.4, 0.5) is 28.4 Å². The summed E-state index contributed by atoms with van der Waals surface area (Å²) in [6, 6.07) is 143. The molecule has 18 aromatic rings. The summed E-state index contributed by atoms with van der Waals surface area (Å²) in [5, 5.41) is 13.5. The third kappa shape index (κ3) is 10.4. The van der Waals surface area contributed by atoms with Crippen LogP contribution in [0.2, 0.25) is 0 Å². The van der Waals surface area contributed by atoms with E-state index in [1.165, 1.54) is 121 Å². The molecule has 0 amide bonds. The number of ether oxygens (including phenoxy) is 2. The van der Waals surface area contributed by atoms with E-state index in [1.807, 2.05) is 6.07 Å². The molecule has 107 heavy (non-hydrogen) atoms. The summed E-state index contributed by atoms with van der Waals surface area (Å²) < 4.78 is 14.2. The lowest BCUT2D eigenvalue weighted by atomic mass is 9.65. The quantitative estimate of drug-likeness (QED) is 0.172. The predicted octanol–water partition coefficient (Wildman–Crippen LogP) is 27.9. The maximum atomic E-state index is 6.71. The lowest BCUT2D eigenvalue weighted by molar-refractivity contribution is 0.436. The summed E-state index contributed by atoms with van der Waals surface area (Å²) >= 11 is 3.76. The van der Waals surface area contributed by atoms with Gasteiger partial charge in [0.25, 0.3) is 0 Å². The normalized spacial score (nSPS) is 13.0. The number of rotatable bonds is 7. The molecule has 2 spiro atoms. The third-order valence-corrected chi connectivity index (χ3v) is 22.6. The summed E-state index contributed by atoms with van der Waals surface area (Å²) in [5.74, 6) is 3.64. The van der Waals surface area contributed by atoms with E-state index in [-0.39, 0.29) is 0 Å². The molecule has 504 valence electrons. The molecule has 4 aliphatic rings. The Labute approximate surface area is 630 Å². The Kier molecular flexibility index (Phi) is 15.5. The second-order valence-corrected chi connectivity index (χ2v) is 28.8. The van der Waals surface area contributed by atoms with Gasteiger partial charge in [0.15, 0.2) is 0 Å². The molecule has 18 aromatic carbocycles. The van der Waals surface area contributed by atoms with Crippen molar-refractivity contribution in [1.29, 1.82) is 0 Å². The van der Waals surface area contributed by atoms with Crippen LogP contribution < -0.4 is 19.7 Å². The first-order valence-corrected chi connectivity index (χ1v) is 37.3. The zero-order valence-corrected chi connectivity index (χ0v) is 59.8. The minimum absolute atomic E-state index is 0.430. The molecule has 2 aliphatic heterocycles. The fourth-order valence-corrected chi connectivity index (χ4v) is 17.9. The average molecular weight is 1430 g/mol.